The van der Waals surface area contributed by atoms with E-state index in [4.69, 9.17) is 10.5 Å². The van der Waals surface area contributed by atoms with Crippen LogP contribution in [0.3, 0.4) is 0 Å². The van der Waals surface area contributed by atoms with Crippen molar-refractivity contribution in [2.24, 2.45) is 0 Å². The van der Waals surface area contributed by atoms with Gasteiger partial charge in [0.25, 0.3) is 0 Å². The van der Waals surface area contributed by atoms with E-state index in [0.29, 0.717) is 11.2 Å². The van der Waals surface area contributed by atoms with E-state index in [9.17, 15) is 0 Å². The van der Waals surface area contributed by atoms with Gasteiger partial charge in [-0.25, -0.2) is 4.98 Å². The number of hydrogen-bond acceptors (Lipinski definition) is 5. The summed E-state index contributed by atoms with van der Waals surface area (Å²) < 4.78 is 7.69. The molecular weight excluding hydrogens is 260 g/mol. The molecule has 0 aliphatic carbocycles. The van der Waals surface area contributed by atoms with Crippen molar-refractivity contribution in [1.82, 2.24) is 14.8 Å². The predicted molar refractivity (Wildman–Crippen MR) is 76.1 cm³/mol. The van der Waals surface area contributed by atoms with Crippen LogP contribution in [0, 0.1) is 6.92 Å². The average Bonchev–Trinajstić information content (AvgIpc) is 2.97. The molecule has 1 aliphatic heterocycles. The first-order valence-electron chi connectivity index (χ1n) is 6.61. The number of nitrogen functional groups attached to an aromatic ring is 1. The SMILES string of the molecule is Cc1nc(N)sc1-c1ccn(C[C@@H]2CCCCO2)n1. The van der Waals surface area contributed by atoms with Crippen LogP contribution in [0.5, 0.6) is 0 Å². The fraction of sp³-hybridized carbons (Fsp3) is 0.538. The van der Waals surface area contributed by atoms with Crippen molar-refractivity contribution in [2.45, 2.75) is 38.8 Å². The molecule has 0 bridgehead atoms. The Hall–Kier alpha value is -1.40. The van der Waals surface area contributed by atoms with Gasteiger partial charge in [-0.1, -0.05) is 11.3 Å². The van der Waals surface area contributed by atoms with Gasteiger partial charge in [0.1, 0.15) is 5.69 Å². The number of aryl methyl sites for hydroxylation is 1. The molecule has 0 saturated carbocycles. The number of hydrogen-bond donors (Lipinski definition) is 1. The topological polar surface area (TPSA) is 66.0 Å². The van der Waals surface area contributed by atoms with Crippen LogP contribution in [-0.2, 0) is 11.3 Å². The van der Waals surface area contributed by atoms with Crippen molar-refractivity contribution in [3.63, 3.8) is 0 Å². The van der Waals surface area contributed by atoms with E-state index in [1.54, 1.807) is 0 Å². The summed E-state index contributed by atoms with van der Waals surface area (Å²) in [4.78, 5) is 5.29. The van der Waals surface area contributed by atoms with Gasteiger partial charge in [-0.2, -0.15) is 5.10 Å². The van der Waals surface area contributed by atoms with E-state index >= 15 is 0 Å². The Balaban J connectivity index is 1.74. The summed E-state index contributed by atoms with van der Waals surface area (Å²) in [5.74, 6) is 0. The molecule has 1 atom stereocenters. The summed E-state index contributed by atoms with van der Waals surface area (Å²) in [6.07, 6.45) is 5.86. The molecule has 2 aromatic rings. The van der Waals surface area contributed by atoms with Crippen LogP contribution < -0.4 is 5.73 Å². The quantitative estimate of drug-likeness (QED) is 0.936. The maximum atomic E-state index is 5.73. The van der Waals surface area contributed by atoms with Crippen molar-refractivity contribution < 1.29 is 4.74 Å². The van der Waals surface area contributed by atoms with Gasteiger partial charge in [0.15, 0.2) is 5.13 Å². The smallest absolute Gasteiger partial charge is 0.180 e. The summed E-state index contributed by atoms with van der Waals surface area (Å²) in [6.45, 7) is 3.67. The number of rotatable bonds is 3. The summed E-state index contributed by atoms with van der Waals surface area (Å²) >= 11 is 1.49. The van der Waals surface area contributed by atoms with Crippen molar-refractivity contribution in [3.05, 3.63) is 18.0 Å². The molecule has 5 nitrogen and oxygen atoms in total. The Morgan fingerprint density at radius 2 is 2.42 bits per heavy atom. The zero-order valence-electron chi connectivity index (χ0n) is 11.0. The van der Waals surface area contributed by atoms with Gasteiger partial charge in [-0.05, 0) is 32.3 Å². The molecule has 1 fully saturated rings. The maximum Gasteiger partial charge on any atom is 0.180 e. The molecule has 3 heterocycles. The molecule has 0 amide bonds. The second kappa shape index (κ2) is 5.30. The lowest BCUT2D eigenvalue weighted by molar-refractivity contribution is 0.00403. The minimum absolute atomic E-state index is 0.300. The zero-order valence-corrected chi connectivity index (χ0v) is 11.8. The van der Waals surface area contributed by atoms with Crippen LogP contribution >= 0.6 is 11.3 Å². The highest BCUT2D eigenvalue weighted by molar-refractivity contribution is 7.18. The third-order valence-corrected chi connectivity index (χ3v) is 4.36. The minimum atomic E-state index is 0.300. The summed E-state index contributed by atoms with van der Waals surface area (Å²) in [5.41, 5.74) is 7.62. The van der Waals surface area contributed by atoms with Gasteiger partial charge in [0, 0.05) is 12.8 Å². The Morgan fingerprint density at radius 1 is 1.53 bits per heavy atom. The highest BCUT2D eigenvalue weighted by atomic mass is 32.1. The van der Waals surface area contributed by atoms with Crippen LogP contribution in [0.2, 0.25) is 0 Å². The summed E-state index contributed by atoms with van der Waals surface area (Å²) in [7, 11) is 0. The third-order valence-electron chi connectivity index (χ3n) is 3.35. The van der Waals surface area contributed by atoms with Crippen LogP contribution in [0.1, 0.15) is 25.0 Å². The molecule has 0 radical (unpaired) electrons. The number of anilines is 1. The Bertz CT molecular complexity index is 557. The molecule has 0 spiro atoms. The van der Waals surface area contributed by atoms with E-state index in [1.807, 2.05) is 23.9 Å². The predicted octanol–water partition coefficient (Wildman–Crippen LogP) is 2.47. The first-order valence-corrected chi connectivity index (χ1v) is 7.42. The molecule has 3 rings (SSSR count). The highest BCUT2D eigenvalue weighted by Crippen LogP contribution is 2.29. The Labute approximate surface area is 116 Å². The molecule has 1 saturated heterocycles. The maximum absolute atomic E-state index is 5.73. The normalized spacial score (nSPS) is 19.7. The van der Waals surface area contributed by atoms with Crippen LogP contribution in [-0.4, -0.2) is 27.5 Å². The standard InChI is InChI=1S/C13H18N4OS/c1-9-12(19-13(14)15-9)11-5-6-17(16-11)8-10-4-2-3-7-18-10/h5-6,10H,2-4,7-8H2,1H3,(H2,14,15)/t10-/m0/s1. The fourth-order valence-corrected chi connectivity index (χ4v) is 3.20. The Kier molecular flexibility index (Phi) is 3.52. The van der Waals surface area contributed by atoms with E-state index in [0.717, 1.165) is 35.8 Å². The largest absolute Gasteiger partial charge is 0.376 e. The average molecular weight is 278 g/mol. The summed E-state index contributed by atoms with van der Waals surface area (Å²) in [5, 5.41) is 5.20. The number of ether oxygens (including phenoxy) is 1. The first-order chi connectivity index (χ1) is 9.22. The van der Waals surface area contributed by atoms with Crippen LogP contribution in [0.4, 0.5) is 5.13 Å². The molecule has 1 aliphatic rings. The number of nitrogens with zero attached hydrogens (tertiary/aromatic N) is 3. The lowest BCUT2D eigenvalue weighted by Gasteiger charge is -2.22. The van der Waals surface area contributed by atoms with Crippen molar-refractivity contribution >= 4 is 16.5 Å². The molecule has 0 aromatic carbocycles. The van der Waals surface area contributed by atoms with Gasteiger partial charge >= 0.3 is 0 Å². The monoisotopic (exact) mass is 278 g/mol. The van der Waals surface area contributed by atoms with Gasteiger partial charge in [-0.15, -0.1) is 0 Å². The van der Waals surface area contributed by atoms with E-state index in [1.165, 1.54) is 24.2 Å². The van der Waals surface area contributed by atoms with Crippen LogP contribution in [0.25, 0.3) is 10.6 Å². The third kappa shape index (κ3) is 2.79. The summed E-state index contributed by atoms with van der Waals surface area (Å²) in [6, 6.07) is 2.02. The number of aromatic nitrogens is 3. The van der Waals surface area contributed by atoms with E-state index < -0.39 is 0 Å². The fourth-order valence-electron chi connectivity index (χ4n) is 2.40. The highest BCUT2D eigenvalue weighted by Gasteiger charge is 2.16. The van der Waals surface area contributed by atoms with Gasteiger partial charge in [-0.3, -0.25) is 4.68 Å². The molecule has 6 heteroatoms. The van der Waals surface area contributed by atoms with Crippen LogP contribution in [0.15, 0.2) is 12.3 Å². The Morgan fingerprint density at radius 3 is 3.11 bits per heavy atom. The van der Waals surface area contributed by atoms with Crippen molar-refractivity contribution in [2.75, 3.05) is 12.3 Å². The van der Waals surface area contributed by atoms with E-state index in [-0.39, 0.29) is 0 Å². The minimum Gasteiger partial charge on any atom is -0.376 e. The number of nitrogens with two attached hydrogens (primary N) is 1. The van der Waals surface area contributed by atoms with Gasteiger partial charge in [0.05, 0.1) is 23.2 Å². The molecule has 102 valence electrons. The number of thiazole rings is 1. The molecular formula is C13H18N4OS. The first kappa shape index (κ1) is 12.6. The van der Waals surface area contributed by atoms with E-state index in [2.05, 4.69) is 10.1 Å². The second-order valence-corrected chi connectivity index (χ2v) is 5.91. The second-order valence-electron chi connectivity index (χ2n) is 4.88. The van der Waals surface area contributed by atoms with Gasteiger partial charge in [0.2, 0.25) is 0 Å². The molecule has 2 N–H and O–H groups in total. The lowest BCUT2D eigenvalue weighted by Crippen LogP contribution is -2.24. The lowest BCUT2D eigenvalue weighted by atomic mass is 10.1. The van der Waals surface area contributed by atoms with Gasteiger partial charge < -0.3 is 10.5 Å². The molecule has 2 aromatic heterocycles. The van der Waals surface area contributed by atoms with Crippen molar-refractivity contribution in [1.29, 1.82) is 0 Å². The molecule has 19 heavy (non-hydrogen) atoms. The molecule has 0 unspecified atom stereocenters. The van der Waals surface area contributed by atoms with Crippen molar-refractivity contribution in [3.8, 4) is 10.6 Å². The zero-order chi connectivity index (χ0) is 13.2.